The summed E-state index contributed by atoms with van der Waals surface area (Å²) in [6, 6.07) is 16.6. The van der Waals surface area contributed by atoms with E-state index in [2.05, 4.69) is 26.2 Å². The van der Waals surface area contributed by atoms with Gasteiger partial charge in [-0.05, 0) is 37.1 Å². The second kappa shape index (κ2) is 7.83. The van der Waals surface area contributed by atoms with Crippen molar-refractivity contribution in [3.05, 3.63) is 80.7 Å². The molecule has 0 aliphatic rings. The smallest absolute Gasteiger partial charge is 0.273 e. The van der Waals surface area contributed by atoms with Crippen LogP contribution >= 0.6 is 15.9 Å². The zero-order valence-corrected chi connectivity index (χ0v) is 17.8. The van der Waals surface area contributed by atoms with Crippen molar-refractivity contribution in [1.29, 1.82) is 0 Å². The van der Waals surface area contributed by atoms with Crippen molar-refractivity contribution in [2.45, 2.75) is 32.9 Å². The lowest BCUT2D eigenvalue weighted by molar-refractivity contribution is -0.124. The zero-order chi connectivity index (χ0) is 20.5. The summed E-state index contributed by atoms with van der Waals surface area (Å²) in [5, 5.41) is 3.91. The fraction of sp³-hybridized carbons (Fsp3) is 0.227. The van der Waals surface area contributed by atoms with Gasteiger partial charge in [0.25, 0.3) is 5.56 Å². The SMILES string of the molecule is CC[C@@H](C(=O)NCc1ccccc1Br)n1c2ccccc2c2nc(=O)cc(C)n21. The monoisotopic (exact) mass is 452 g/mol. The van der Waals surface area contributed by atoms with Crippen LogP contribution in [-0.2, 0) is 11.3 Å². The van der Waals surface area contributed by atoms with E-state index < -0.39 is 6.04 Å². The predicted molar refractivity (Wildman–Crippen MR) is 117 cm³/mol. The molecule has 2 heterocycles. The number of fused-ring (bicyclic) bond motifs is 3. The van der Waals surface area contributed by atoms with Crippen LogP contribution in [0.1, 0.15) is 30.6 Å². The largest absolute Gasteiger partial charge is 0.350 e. The standard InChI is InChI=1S/C22H21BrN4O2/c1-3-18(22(29)24-13-15-8-4-6-10-17(15)23)27-19-11-7-5-9-16(19)21-25-20(28)12-14(2)26(21)27/h4-12,18H,3,13H2,1-2H3,(H,24,29)/t18-/m0/s1. The van der Waals surface area contributed by atoms with Crippen LogP contribution in [0.4, 0.5) is 0 Å². The first-order chi connectivity index (χ1) is 14.0. The highest BCUT2D eigenvalue weighted by Gasteiger charge is 2.24. The molecule has 29 heavy (non-hydrogen) atoms. The number of amides is 1. The molecule has 6 nitrogen and oxygen atoms in total. The molecule has 0 saturated carbocycles. The molecule has 2 aromatic carbocycles. The molecule has 7 heteroatoms. The molecule has 4 aromatic rings. The molecule has 0 fully saturated rings. The van der Waals surface area contributed by atoms with E-state index in [1.807, 2.05) is 71.6 Å². The first kappa shape index (κ1) is 19.4. The molecular formula is C22H21BrN4O2. The van der Waals surface area contributed by atoms with Gasteiger partial charge in [0.05, 0.1) is 5.52 Å². The fourth-order valence-corrected chi connectivity index (χ4v) is 4.15. The van der Waals surface area contributed by atoms with E-state index in [9.17, 15) is 9.59 Å². The molecular weight excluding hydrogens is 432 g/mol. The number of nitrogens with zero attached hydrogens (tertiary/aromatic N) is 3. The summed E-state index contributed by atoms with van der Waals surface area (Å²) in [5.74, 6) is -0.0796. The normalized spacial score (nSPS) is 12.4. The minimum Gasteiger partial charge on any atom is -0.350 e. The van der Waals surface area contributed by atoms with Gasteiger partial charge < -0.3 is 5.32 Å². The van der Waals surface area contributed by atoms with Crippen LogP contribution in [0.2, 0.25) is 0 Å². The van der Waals surface area contributed by atoms with Gasteiger partial charge in [-0.1, -0.05) is 53.2 Å². The summed E-state index contributed by atoms with van der Waals surface area (Å²) in [7, 11) is 0. The Morgan fingerprint density at radius 1 is 1.17 bits per heavy atom. The summed E-state index contributed by atoms with van der Waals surface area (Å²) in [6.07, 6.45) is 0.598. The molecule has 148 valence electrons. The average molecular weight is 453 g/mol. The molecule has 0 aliphatic heterocycles. The van der Waals surface area contributed by atoms with Crippen LogP contribution in [0.5, 0.6) is 0 Å². The molecule has 0 bridgehead atoms. The second-order valence-electron chi connectivity index (χ2n) is 6.97. The maximum absolute atomic E-state index is 13.2. The highest BCUT2D eigenvalue weighted by Crippen LogP contribution is 2.26. The summed E-state index contributed by atoms with van der Waals surface area (Å²) < 4.78 is 4.78. The molecule has 4 rings (SSSR count). The van der Waals surface area contributed by atoms with E-state index >= 15 is 0 Å². The third-order valence-electron chi connectivity index (χ3n) is 5.09. The van der Waals surface area contributed by atoms with E-state index in [1.165, 1.54) is 6.07 Å². The van der Waals surface area contributed by atoms with Crippen LogP contribution in [0.3, 0.4) is 0 Å². The molecule has 1 amide bonds. The summed E-state index contributed by atoms with van der Waals surface area (Å²) in [5.41, 5.74) is 2.92. The van der Waals surface area contributed by atoms with E-state index in [0.29, 0.717) is 18.6 Å². The lowest BCUT2D eigenvalue weighted by Crippen LogP contribution is -2.34. The number of nitrogens with one attached hydrogen (secondary N) is 1. The van der Waals surface area contributed by atoms with Crippen molar-refractivity contribution in [2.75, 3.05) is 0 Å². The number of halogens is 1. The Bertz CT molecular complexity index is 1280. The molecule has 0 saturated heterocycles. The minimum absolute atomic E-state index is 0.0796. The third-order valence-corrected chi connectivity index (χ3v) is 5.86. The van der Waals surface area contributed by atoms with Crippen LogP contribution < -0.4 is 10.9 Å². The van der Waals surface area contributed by atoms with Gasteiger partial charge in [-0.15, -0.1) is 0 Å². The maximum atomic E-state index is 13.2. The highest BCUT2D eigenvalue weighted by atomic mass is 79.9. The van der Waals surface area contributed by atoms with Gasteiger partial charge >= 0.3 is 0 Å². The van der Waals surface area contributed by atoms with E-state index in [-0.39, 0.29) is 11.5 Å². The molecule has 0 aliphatic carbocycles. The van der Waals surface area contributed by atoms with Crippen molar-refractivity contribution < 1.29 is 4.79 Å². The number of para-hydroxylation sites is 1. The maximum Gasteiger partial charge on any atom is 0.273 e. The molecule has 2 aromatic heterocycles. The van der Waals surface area contributed by atoms with Gasteiger partial charge in [-0.25, -0.2) is 4.52 Å². The lowest BCUT2D eigenvalue weighted by atomic mass is 10.1. The van der Waals surface area contributed by atoms with Crippen molar-refractivity contribution in [2.24, 2.45) is 0 Å². The predicted octanol–water partition coefficient (Wildman–Crippen LogP) is 3.99. The van der Waals surface area contributed by atoms with Gasteiger partial charge in [-0.2, -0.15) is 4.98 Å². The van der Waals surface area contributed by atoms with Crippen molar-refractivity contribution >= 4 is 38.4 Å². The Morgan fingerprint density at radius 3 is 2.66 bits per heavy atom. The number of benzene rings is 2. The van der Waals surface area contributed by atoms with E-state index in [4.69, 9.17) is 0 Å². The minimum atomic E-state index is -0.442. The Kier molecular flexibility index (Phi) is 5.24. The Hall–Kier alpha value is -2.93. The van der Waals surface area contributed by atoms with Gasteiger partial charge in [0.2, 0.25) is 5.91 Å². The van der Waals surface area contributed by atoms with Gasteiger partial charge in [0.1, 0.15) is 6.04 Å². The van der Waals surface area contributed by atoms with E-state index in [1.54, 1.807) is 0 Å². The molecule has 0 radical (unpaired) electrons. The molecule has 0 unspecified atom stereocenters. The van der Waals surface area contributed by atoms with Crippen molar-refractivity contribution in [3.63, 3.8) is 0 Å². The number of hydrogen-bond donors (Lipinski definition) is 1. The summed E-state index contributed by atoms with van der Waals surface area (Å²) in [6.45, 7) is 4.27. The quantitative estimate of drug-likeness (QED) is 0.497. The first-order valence-electron chi connectivity index (χ1n) is 9.52. The second-order valence-corrected chi connectivity index (χ2v) is 7.82. The fourth-order valence-electron chi connectivity index (χ4n) is 3.73. The Labute approximate surface area is 176 Å². The van der Waals surface area contributed by atoms with Gasteiger partial charge in [0.15, 0.2) is 5.65 Å². The average Bonchev–Trinajstić information content (AvgIpc) is 3.03. The lowest BCUT2D eigenvalue weighted by Gasteiger charge is -2.20. The first-order valence-corrected chi connectivity index (χ1v) is 10.3. The Balaban J connectivity index is 1.79. The molecule has 1 atom stereocenters. The van der Waals surface area contributed by atoms with Crippen LogP contribution in [-0.4, -0.2) is 20.1 Å². The third kappa shape index (κ3) is 3.46. The number of hydrogen-bond acceptors (Lipinski definition) is 3. The Morgan fingerprint density at radius 2 is 1.90 bits per heavy atom. The van der Waals surface area contributed by atoms with Gasteiger partial charge in [-0.3, -0.25) is 14.3 Å². The van der Waals surface area contributed by atoms with Crippen molar-refractivity contribution in [1.82, 2.24) is 19.5 Å². The summed E-state index contributed by atoms with van der Waals surface area (Å²) >= 11 is 3.52. The number of aryl methyl sites for hydroxylation is 1. The number of carbonyl (C=O) groups excluding carboxylic acids is 1. The zero-order valence-electron chi connectivity index (χ0n) is 16.2. The number of carbonyl (C=O) groups is 1. The van der Waals surface area contributed by atoms with Gasteiger partial charge in [0, 0.05) is 28.2 Å². The number of aromatic nitrogens is 3. The summed E-state index contributed by atoms with van der Waals surface area (Å²) in [4.78, 5) is 29.4. The highest BCUT2D eigenvalue weighted by molar-refractivity contribution is 9.10. The number of rotatable bonds is 5. The van der Waals surface area contributed by atoms with Crippen LogP contribution in [0.15, 0.2) is 63.9 Å². The van der Waals surface area contributed by atoms with Crippen molar-refractivity contribution in [3.8, 4) is 0 Å². The van der Waals surface area contributed by atoms with Crippen LogP contribution in [0, 0.1) is 6.92 Å². The molecule has 0 spiro atoms. The topological polar surface area (TPSA) is 68.4 Å². The molecule has 1 N–H and O–H groups in total. The van der Waals surface area contributed by atoms with E-state index in [0.717, 1.165) is 26.6 Å². The van der Waals surface area contributed by atoms with Crippen LogP contribution in [0.25, 0.3) is 16.6 Å².